The highest BCUT2D eigenvalue weighted by Crippen LogP contribution is 2.26. The Kier molecular flexibility index (Phi) is 3.49. The molecule has 0 spiro atoms. The van der Waals surface area contributed by atoms with E-state index in [9.17, 15) is 4.79 Å². The Bertz CT molecular complexity index is 552. The number of halogens is 1. The fraction of sp³-hybridized carbons (Fsp3) is 0.333. The Morgan fingerprint density at radius 3 is 2.76 bits per heavy atom. The lowest BCUT2D eigenvalue weighted by Gasteiger charge is -2.02. The van der Waals surface area contributed by atoms with Crippen LogP contribution in [0.2, 0.25) is 0 Å². The quantitative estimate of drug-likeness (QED) is 0.812. The molecule has 0 aliphatic rings. The van der Waals surface area contributed by atoms with E-state index in [1.807, 2.05) is 26.8 Å². The molecule has 2 heterocycles. The zero-order valence-corrected chi connectivity index (χ0v) is 12.4. The molecular weight excluding hydrogens is 300 g/mol. The van der Waals surface area contributed by atoms with Crippen LogP contribution in [0.4, 0.5) is 0 Å². The largest absolute Gasteiger partial charge is 0.286 e. The Balaban J connectivity index is 2.46. The van der Waals surface area contributed by atoms with E-state index in [2.05, 4.69) is 21.0 Å². The zero-order valence-electron chi connectivity index (χ0n) is 9.95. The highest BCUT2D eigenvalue weighted by Gasteiger charge is 2.20. The lowest BCUT2D eigenvalue weighted by atomic mass is 10.2. The molecule has 0 aromatic carbocycles. The number of hydrogen-bond donors (Lipinski definition) is 0. The number of rotatable bonds is 3. The standard InChI is InChI=1S/C12H13BrN2OS/c1-4-15-11(9(13)6-14-15)12(16)10-5-7(2)8(3)17-10/h5-6H,4H2,1-3H3. The van der Waals surface area contributed by atoms with Gasteiger partial charge in [0.25, 0.3) is 0 Å². The zero-order chi connectivity index (χ0) is 12.6. The van der Waals surface area contributed by atoms with Crippen LogP contribution in [-0.4, -0.2) is 15.6 Å². The molecule has 0 radical (unpaired) electrons. The molecule has 0 saturated heterocycles. The normalized spacial score (nSPS) is 10.8. The summed E-state index contributed by atoms with van der Waals surface area (Å²) in [7, 11) is 0. The van der Waals surface area contributed by atoms with Crippen molar-refractivity contribution in [3.05, 3.63) is 37.7 Å². The van der Waals surface area contributed by atoms with Gasteiger partial charge in [-0.1, -0.05) is 0 Å². The van der Waals surface area contributed by atoms with Gasteiger partial charge in [0, 0.05) is 11.4 Å². The van der Waals surface area contributed by atoms with Crippen molar-refractivity contribution in [2.75, 3.05) is 0 Å². The Labute approximate surface area is 113 Å². The van der Waals surface area contributed by atoms with E-state index in [-0.39, 0.29) is 5.78 Å². The van der Waals surface area contributed by atoms with Gasteiger partial charge in [0.2, 0.25) is 5.78 Å². The third kappa shape index (κ3) is 2.21. The van der Waals surface area contributed by atoms with Crippen molar-refractivity contribution in [3.8, 4) is 0 Å². The second-order valence-corrected chi connectivity index (χ2v) is 5.95. The van der Waals surface area contributed by atoms with Gasteiger partial charge in [0.1, 0.15) is 5.69 Å². The molecule has 2 aromatic rings. The van der Waals surface area contributed by atoms with Crippen LogP contribution in [0.5, 0.6) is 0 Å². The summed E-state index contributed by atoms with van der Waals surface area (Å²) < 4.78 is 2.48. The number of aromatic nitrogens is 2. The average molecular weight is 313 g/mol. The first-order valence-electron chi connectivity index (χ1n) is 5.37. The number of thiophene rings is 1. The van der Waals surface area contributed by atoms with Crippen LogP contribution in [0.15, 0.2) is 16.7 Å². The molecule has 0 aliphatic heterocycles. The van der Waals surface area contributed by atoms with E-state index < -0.39 is 0 Å². The smallest absolute Gasteiger partial charge is 0.222 e. The van der Waals surface area contributed by atoms with Gasteiger partial charge < -0.3 is 0 Å². The van der Waals surface area contributed by atoms with Crippen molar-refractivity contribution in [1.82, 2.24) is 9.78 Å². The summed E-state index contributed by atoms with van der Waals surface area (Å²) in [6, 6.07) is 1.95. The minimum Gasteiger partial charge on any atom is -0.286 e. The van der Waals surface area contributed by atoms with Crippen molar-refractivity contribution in [3.63, 3.8) is 0 Å². The second-order valence-electron chi connectivity index (χ2n) is 3.84. The van der Waals surface area contributed by atoms with Crippen LogP contribution in [-0.2, 0) is 6.54 Å². The van der Waals surface area contributed by atoms with Crippen LogP contribution >= 0.6 is 27.3 Å². The molecule has 3 nitrogen and oxygen atoms in total. The predicted molar refractivity (Wildman–Crippen MR) is 72.8 cm³/mol. The lowest BCUT2D eigenvalue weighted by molar-refractivity contribution is 0.103. The van der Waals surface area contributed by atoms with Gasteiger partial charge in [-0.2, -0.15) is 5.10 Å². The molecule has 0 aliphatic carbocycles. The highest BCUT2D eigenvalue weighted by atomic mass is 79.9. The Morgan fingerprint density at radius 2 is 2.24 bits per heavy atom. The lowest BCUT2D eigenvalue weighted by Crippen LogP contribution is -2.10. The minimum absolute atomic E-state index is 0.0393. The van der Waals surface area contributed by atoms with Crippen molar-refractivity contribution >= 4 is 33.0 Å². The van der Waals surface area contributed by atoms with Gasteiger partial charge in [0.05, 0.1) is 15.5 Å². The molecular formula is C12H13BrN2OS. The number of aryl methyl sites for hydroxylation is 3. The molecule has 17 heavy (non-hydrogen) atoms. The molecule has 0 unspecified atom stereocenters. The molecule has 90 valence electrons. The average Bonchev–Trinajstić information content (AvgIpc) is 2.82. The Hall–Kier alpha value is -0.940. The van der Waals surface area contributed by atoms with Crippen molar-refractivity contribution in [1.29, 1.82) is 0 Å². The first-order valence-corrected chi connectivity index (χ1v) is 6.98. The van der Waals surface area contributed by atoms with Crippen molar-refractivity contribution in [2.45, 2.75) is 27.3 Å². The van der Waals surface area contributed by atoms with E-state index in [4.69, 9.17) is 0 Å². The van der Waals surface area contributed by atoms with Crippen LogP contribution in [0.3, 0.4) is 0 Å². The molecule has 0 saturated carbocycles. The number of carbonyl (C=O) groups is 1. The van der Waals surface area contributed by atoms with Crippen molar-refractivity contribution < 1.29 is 4.79 Å². The fourth-order valence-corrected chi connectivity index (χ4v) is 3.08. The highest BCUT2D eigenvalue weighted by molar-refractivity contribution is 9.10. The first kappa shape index (κ1) is 12.5. The summed E-state index contributed by atoms with van der Waals surface area (Å²) in [5.74, 6) is 0.0393. The maximum Gasteiger partial charge on any atom is 0.222 e. The van der Waals surface area contributed by atoms with E-state index in [1.54, 1.807) is 10.9 Å². The van der Waals surface area contributed by atoms with Gasteiger partial charge in [-0.05, 0) is 48.3 Å². The predicted octanol–water partition coefficient (Wildman–Crippen LogP) is 3.57. The fourth-order valence-electron chi connectivity index (χ4n) is 1.63. The third-order valence-corrected chi connectivity index (χ3v) is 4.43. The second kappa shape index (κ2) is 4.74. The summed E-state index contributed by atoms with van der Waals surface area (Å²) in [5, 5.41) is 4.16. The van der Waals surface area contributed by atoms with Gasteiger partial charge in [0.15, 0.2) is 0 Å². The monoisotopic (exact) mass is 312 g/mol. The number of carbonyl (C=O) groups excluding carboxylic acids is 1. The third-order valence-electron chi connectivity index (χ3n) is 2.70. The minimum atomic E-state index is 0.0393. The van der Waals surface area contributed by atoms with E-state index >= 15 is 0 Å². The Morgan fingerprint density at radius 1 is 1.53 bits per heavy atom. The number of nitrogens with zero attached hydrogens (tertiary/aromatic N) is 2. The number of ketones is 1. The molecule has 0 amide bonds. The maximum absolute atomic E-state index is 12.4. The molecule has 0 fully saturated rings. The van der Waals surface area contributed by atoms with Crippen LogP contribution in [0, 0.1) is 13.8 Å². The van der Waals surface area contributed by atoms with Gasteiger partial charge in [-0.15, -0.1) is 11.3 Å². The van der Waals surface area contributed by atoms with Gasteiger partial charge in [-0.3, -0.25) is 9.48 Å². The maximum atomic E-state index is 12.4. The topological polar surface area (TPSA) is 34.9 Å². The van der Waals surface area contributed by atoms with Gasteiger partial charge >= 0.3 is 0 Å². The van der Waals surface area contributed by atoms with Crippen LogP contribution in [0.25, 0.3) is 0 Å². The number of hydrogen-bond acceptors (Lipinski definition) is 3. The van der Waals surface area contributed by atoms with E-state index in [1.165, 1.54) is 16.2 Å². The van der Waals surface area contributed by atoms with E-state index in [0.717, 1.165) is 14.9 Å². The molecule has 0 atom stereocenters. The molecule has 0 N–H and O–H groups in total. The molecule has 5 heteroatoms. The molecule has 2 rings (SSSR count). The summed E-state index contributed by atoms with van der Waals surface area (Å²) in [4.78, 5) is 14.4. The summed E-state index contributed by atoms with van der Waals surface area (Å²) in [5.41, 5.74) is 1.80. The summed E-state index contributed by atoms with van der Waals surface area (Å²) in [6.45, 7) is 6.72. The summed E-state index contributed by atoms with van der Waals surface area (Å²) >= 11 is 4.92. The summed E-state index contributed by atoms with van der Waals surface area (Å²) in [6.07, 6.45) is 1.67. The molecule has 2 aromatic heterocycles. The van der Waals surface area contributed by atoms with Crippen LogP contribution in [0.1, 0.15) is 32.7 Å². The van der Waals surface area contributed by atoms with Gasteiger partial charge in [-0.25, -0.2) is 0 Å². The van der Waals surface area contributed by atoms with Crippen molar-refractivity contribution in [2.24, 2.45) is 0 Å². The molecule has 0 bridgehead atoms. The first-order chi connectivity index (χ1) is 8.04. The SMILES string of the molecule is CCn1ncc(Br)c1C(=O)c1cc(C)c(C)s1. The van der Waals surface area contributed by atoms with Crippen LogP contribution < -0.4 is 0 Å². The van der Waals surface area contributed by atoms with E-state index in [0.29, 0.717) is 12.2 Å².